The van der Waals surface area contributed by atoms with Crippen molar-refractivity contribution in [3.8, 4) is 0 Å². The minimum Gasteiger partial charge on any atom is -0.355 e. The predicted molar refractivity (Wildman–Crippen MR) is 95.9 cm³/mol. The van der Waals surface area contributed by atoms with Gasteiger partial charge < -0.3 is 9.80 Å². The smallest absolute Gasteiger partial charge is 0.355 e. The van der Waals surface area contributed by atoms with E-state index in [9.17, 15) is 22.0 Å². The van der Waals surface area contributed by atoms with Crippen LogP contribution in [0.2, 0.25) is 0 Å². The van der Waals surface area contributed by atoms with E-state index < -0.39 is 18.5 Å². The first-order chi connectivity index (χ1) is 13.1. The molecule has 5 rings (SSSR count). The highest BCUT2D eigenvalue weighted by Crippen LogP contribution is 2.47. The van der Waals surface area contributed by atoms with Crippen LogP contribution >= 0.6 is 11.3 Å². The number of halogens is 5. The first-order valence-corrected chi connectivity index (χ1v) is 10.1. The zero-order valence-corrected chi connectivity index (χ0v) is 15.8. The Hall–Kier alpha value is -1.55. The second kappa shape index (κ2) is 5.98. The largest absolute Gasteiger partial charge is 0.393 e. The van der Waals surface area contributed by atoms with Gasteiger partial charge in [0.2, 0.25) is 5.92 Å². The highest BCUT2D eigenvalue weighted by Gasteiger charge is 2.54. The Morgan fingerprint density at radius 1 is 1.11 bits per heavy atom. The Kier molecular flexibility index (Phi) is 3.94. The van der Waals surface area contributed by atoms with Crippen LogP contribution in [0.25, 0.3) is 10.2 Å². The third-order valence-electron chi connectivity index (χ3n) is 5.90. The van der Waals surface area contributed by atoms with Crippen LogP contribution in [0.4, 0.5) is 27.8 Å². The molecule has 0 atom stereocenters. The summed E-state index contributed by atoms with van der Waals surface area (Å²) in [5, 5.41) is 0.675. The number of alkyl halides is 5. The maximum absolute atomic E-state index is 13.0. The molecule has 28 heavy (non-hydrogen) atoms. The van der Waals surface area contributed by atoms with Crippen LogP contribution in [0.5, 0.6) is 0 Å². The SMILES string of the molecule is FC(F)(F)Cc1cc2c(N3CC4(CN(CC5CC(F)(F)C5)C4)C3)ncnc2s1. The number of hydrogen-bond donors (Lipinski definition) is 0. The Labute approximate surface area is 162 Å². The second-order valence-electron chi connectivity index (χ2n) is 8.58. The van der Waals surface area contributed by atoms with Gasteiger partial charge in [0.25, 0.3) is 0 Å². The van der Waals surface area contributed by atoms with Crippen LogP contribution in [-0.4, -0.2) is 59.7 Å². The van der Waals surface area contributed by atoms with Gasteiger partial charge in [0.1, 0.15) is 17.0 Å². The summed E-state index contributed by atoms with van der Waals surface area (Å²) in [6, 6.07) is 1.55. The number of anilines is 1. The molecule has 0 N–H and O–H groups in total. The molecular weight excluding hydrogens is 399 g/mol. The summed E-state index contributed by atoms with van der Waals surface area (Å²) in [4.78, 5) is 13.6. The predicted octanol–water partition coefficient (Wildman–Crippen LogP) is 3.96. The van der Waals surface area contributed by atoms with Crippen LogP contribution in [0.3, 0.4) is 0 Å². The summed E-state index contributed by atoms with van der Waals surface area (Å²) >= 11 is 1.06. The van der Waals surface area contributed by atoms with E-state index in [0.29, 0.717) is 16.0 Å². The molecular formula is C18H19F5N4S. The number of hydrogen-bond acceptors (Lipinski definition) is 5. The van der Waals surface area contributed by atoms with Crippen LogP contribution in [0.15, 0.2) is 12.4 Å². The van der Waals surface area contributed by atoms with Gasteiger partial charge in [-0.1, -0.05) is 0 Å². The van der Waals surface area contributed by atoms with Gasteiger partial charge in [-0.05, 0) is 12.0 Å². The van der Waals surface area contributed by atoms with Crippen molar-refractivity contribution >= 4 is 27.4 Å². The van der Waals surface area contributed by atoms with Gasteiger partial charge in [0.15, 0.2) is 0 Å². The van der Waals surface area contributed by atoms with Gasteiger partial charge >= 0.3 is 6.18 Å². The van der Waals surface area contributed by atoms with Gasteiger partial charge in [-0.3, -0.25) is 0 Å². The second-order valence-corrected chi connectivity index (χ2v) is 9.69. The average molecular weight is 418 g/mol. The molecule has 3 aliphatic rings. The number of fused-ring (bicyclic) bond motifs is 1. The molecule has 1 aliphatic carbocycles. The molecule has 152 valence electrons. The van der Waals surface area contributed by atoms with Crippen LogP contribution in [-0.2, 0) is 6.42 Å². The number of thiophene rings is 1. The molecule has 2 aliphatic heterocycles. The van der Waals surface area contributed by atoms with E-state index >= 15 is 0 Å². The normalized spacial score (nSPS) is 24.2. The Morgan fingerprint density at radius 2 is 1.82 bits per heavy atom. The summed E-state index contributed by atoms with van der Waals surface area (Å²) < 4.78 is 63.9. The Balaban J connectivity index is 1.20. The lowest BCUT2D eigenvalue weighted by Gasteiger charge is -2.61. The van der Waals surface area contributed by atoms with Crippen molar-refractivity contribution in [1.82, 2.24) is 14.9 Å². The van der Waals surface area contributed by atoms with Crippen LogP contribution < -0.4 is 4.90 Å². The van der Waals surface area contributed by atoms with Crippen LogP contribution in [0.1, 0.15) is 17.7 Å². The fraction of sp³-hybridized carbons (Fsp3) is 0.667. The molecule has 3 fully saturated rings. The molecule has 0 unspecified atom stereocenters. The summed E-state index contributed by atoms with van der Waals surface area (Å²) in [5.41, 5.74) is 0.161. The maximum Gasteiger partial charge on any atom is 0.393 e. The van der Waals surface area contributed by atoms with E-state index in [1.807, 2.05) is 0 Å². The van der Waals surface area contributed by atoms with E-state index in [4.69, 9.17) is 0 Å². The summed E-state index contributed by atoms with van der Waals surface area (Å²) in [6.45, 7) is 4.10. The molecule has 4 heterocycles. The van der Waals surface area contributed by atoms with E-state index in [2.05, 4.69) is 19.8 Å². The van der Waals surface area contributed by atoms with Crippen molar-refractivity contribution in [2.75, 3.05) is 37.6 Å². The van der Waals surface area contributed by atoms with E-state index in [1.54, 1.807) is 6.07 Å². The molecule has 2 aromatic heterocycles. The van der Waals surface area contributed by atoms with Gasteiger partial charge in [-0.25, -0.2) is 18.7 Å². The maximum atomic E-state index is 13.0. The fourth-order valence-electron chi connectivity index (χ4n) is 4.85. The van der Waals surface area contributed by atoms with Gasteiger partial charge in [-0.2, -0.15) is 13.2 Å². The number of aromatic nitrogens is 2. The molecule has 10 heteroatoms. The molecule has 1 saturated carbocycles. The van der Waals surface area contributed by atoms with E-state index in [-0.39, 0.29) is 29.1 Å². The molecule has 0 radical (unpaired) electrons. The fourth-order valence-corrected chi connectivity index (χ4v) is 5.87. The number of rotatable bonds is 4. The van der Waals surface area contributed by atoms with Crippen molar-refractivity contribution in [2.45, 2.75) is 31.4 Å². The lowest BCUT2D eigenvalue weighted by atomic mass is 9.71. The third-order valence-corrected chi connectivity index (χ3v) is 6.94. The first-order valence-electron chi connectivity index (χ1n) is 9.25. The summed E-state index contributed by atoms with van der Waals surface area (Å²) in [7, 11) is 0. The quantitative estimate of drug-likeness (QED) is 0.704. The van der Waals surface area contributed by atoms with Crippen molar-refractivity contribution in [3.63, 3.8) is 0 Å². The monoisotopic (exact) mass is 418 g/mol. The van der Waals surface area contributed by atoms with Gasteiger partial charge in [0, 0.05) is 55.9 Å². The average Bonchev–Trinajstić information content (AvgIpc) is 2.86. The van der Waals surface area contributed by atoms with Crippen molar-refractivity contribution in [3.05, 3.63) is 17.3 Å². The minimum absolute atomic E-state index is 0.0000420. The molecule has 4 nitrogen and oxygen atoms in total. The summed E-state index contributed by atoms with van der Waals surface area (Å²) in [5.74, 6) is -1.68. The van der Waals surface area contributed by atoms with Crippen molar-refractivity contribution < 1.29 is 22.0 Å². The lowest BCUT2D eigenvalue weighted by molar-refractivity contribution is -0.130. The standard InChI is InChI=1S/C18H19F5N4S/c19-17(20)2-11(3-17)5-26-6-16(7-26)8-27(9-16)14-13-1-12(4-18(21,22)23)28-15(13)25-10-24-14/h1,10-11H,2-9H2. The van der Waals surface area contributed by atoms with Crippen LogP contribution in [0, 0.1) is 11.3 Å². The molecule has 2 aromatic rings. The Morgan fingerprint density at radius 3 is 2.46 bits per heavy atom. The highest BCUT2D eigenvalue weighted by atomic mass is 32.1. The van der Waals surface area contributed by atoms with Crippen molar-refractivity contribution in [2.24, 2.45) is 11.3 Å². The molecule has 1 spiro atoms. The molecule has 0 amide bonds. The molecule has 0 bridgehead atoms. The van der Waals surface area contributed by atoms with Gasteiger partial charge in [-0.15, -0.1) is 11.3 Å². The first kappa shape index (κ1) is 18.5. The zero-order valence-electron chi connectivity index (χ0n) is 15.0. The zero-order chi connectivity index (χ0) is 19.7. The Bertz CT molecular complexity index is 889. The third kappa shape index (κ3) is 3.34. The number of likely N-dealkylation sites (tertiary alicyclic amines) is 1. The summed E-state index contributed by atoms with van der Waals surface area (Å²) in [6.07, 6.45) is -3.79. The highest BCUT2D eigenvalue weighted by molar-refractivity contribution is 7.18. The lowest BCUT2D eigenvalue weighted by Crippen LogP contribution is -2.73. The minimum atomic E-state index is -4.24. The van der Waals surface area contributed by atoms with Crippen molar-refractivity contribution in [1.29, 1.82) is 0 Å². The van der Waals surface area contributed by atoms with E-state index in [1.165, 1.54) is 6.33 Å². The molecule has 0 aromatic carbocycles. The molecule has 2 saturated heterocycles. The topological polar surface area (TPSA) is 32.3 Å². The number of nitrogens with zero attached hydrogens (tertiary/aromatic N) is 4. The van der Waals surface area contributed by atoms with E-state index in [0.717, 1.165) is 44.1 Å². The van der Waals surface area contributed by atoms with Gasteiger partial charge in [0.05, 0.1) is 11.8 Å².